The molecule has 1 aliphatic heterocycles. The highest BCUT2D eigenvalue weighted by Crippen LogP contribution is 2.22. The molecular weight excluding hydrogens is 292 g/mol. The number of carbonyl (C=O) groups is 2. The lowest BCUT2D eigenvalue weighted by atomic mass is 10.1. The SMILES string of the molecule is O=C(O)C1CCN(C(=O)Cn2ccc3ccc(Cl)cc32)C1. The van der Waals surface area contributed by atoms with Crippen LogP contribution < -0.4 is 0 Å². The van der Waals surface area contributed by atoms with Gasteiger partial charge < -0.3 is 14.6 Å². The van der Waals surface area contributed by atoms with Crippen LogP contribution in [0.25, 0.3) is 10.9 Å². The summed E-state index contributed by atoms with van der Waals surface area (Å²) in [5, 5.41) is 10.6. The average Bonchev–Trinajstić information content (AvgIpc) is 3.06. The predicted octanol–water partition coefficient (Wildman–Crippen LogP) is 2.23. The second-order valence-corrected chi connectivity index (χ2v) is 5.75. The first kappa shape index (κ1) is 13.9. The van der Waals surface area contributed by atoms with Gasteiger partial charge in [-0.3, -0.25) is 9.59 Å². The van der Waals surface area contributed by atoms with Gasteiger partial charge in [0.15, 0.2) is 0 Å². The number of halogens is 1. The highest BCUT2D eigenvalue weighted by Gasteiger charge is 2.30. The molecule has 1 aliphatic rings. The fourth-order valence-corrected chi connectivity index (χ4v) is 2.90. The van der Waals surface area contributed by atoms with Crippen molar-refractivity contribution in [3.63, 3.8) is 0 Å². The molecule has 1 aromatic heterocycles. The quantitative estimate of drug-likeness (QED) is 0.946. The Morgan fingerprint density at radius 2 is 2.14 bits per heavy atom. The van der Waals surface area contributed by atoms with E-state index in [1.54, 1.807) is 4.90 Å². The number of likely N-dealkylation sites (tertiary alicyclic amines) is 1. The topological polar surface area (TPSA) is 62.5 Å². The van der Waals surface area contributed by atoms with Crippen molar-refractivity contribution in [1.29, 1.82) is 0 Å². The van der Waals surface area contributed by atoms with E-state index in [1.807, 2.05) is 35.0 Å². The number of aliphatic carboxylic acids is 1. The molecule has 1 amide bonds. The number of benzene rings is 1. The molecule has 0 bridgehead atoms. The fourth-order valence-electron chi connectivity index (χ4n) is 2.73. The molecule has 1 unspecified atom stereocenters. The molecular formula is C15H15ClN2O3. The summed E-state index contributed by atoms with van der Waals surface area (Å²) in [6.45, 7) is 1.01. The lowest BCUT2D eigenvalue weighted by Gasteiger charge is -2.16. The van der Waals surface area contributed by atoms with Crippen molar-refractivity contribution in [2.75, 3.05) is 13.1 Å². The van der Waals surface area contributed by atoms with Crippen LogP contribution in [0.2, 0.25) is 5.02 Å². The third kappa shape index (κ3) is 2.74. The third-order valence-corrected chi connectivity index (χ3v) is 4.17. The molecule has 6 heteroatoms. The van der Waals surface area contributed by atoms with Crippen LogP contribution in [0, 0.1) is 5.92 Å². The average molecular weight is 307 g/mol. The minimum absolute atomic E-state index is 0.0591. The van der Waals surface area contributed by atoms with Gasteiger partial charge in [0, 0.05) is 29.8 Å². The van der Waals surface area contributed by atoms with Crippen LogP contribution in [0.1, 0.15) is 6.42 Å². The van der Waals surface area contributed by atoms with Gasteiger partial charge in [-0.15, -0.1) is 0 Å². The van der Waals surface area contributed by atoms with Crippen molar-refractivity contribution in [1.82, 2.24) is 9.47 Å². The molecule has 1 atom stereocenters. The van der Waals surface area contributed by atoms with E-state index in [9.17, 15) is 9.59 Å². The molecule has 5 nitrogen and oxygen atoms in total. The number of carboxylic acid groups (broad SMARTS) is 1. The molecule has 1 saturated heterocycles. The Morgan fingerprint density at radius 3 is 2.86 bits per heavy atom. The maximum atomic E-state index is 12.3. The van der Waals surface area contributed by atoms with E-state index in [0.717, 1.165) is 10.9 Å². The van der Waals surface area contributed by atoms with Gasteiger partial charge in [-0.1, -0.05) is 17.7 Å². The Hall–Kier alpha value is -2.01. The van der Waals surface area contributed by atoms with Crippen LogP contribution in [0.3, 0.4) is 0 Å². The van der Waals surface area contributed by atoms with Crippen LogP contribution >= 0.6 is 11.6 Å². The van der Waals surface area contributed by atoms with Crippen LogP contribution in [0.15, 0.2) is 30.5 Å². The maximum absolute atomic E-state index is 12.3. The number of fused-ring (bicyclic) bond motifs is 1. The molecule has 1 fully saturated rings. The second-order valence-electron chi connectivity index (χ2n) is 5.31. The first-order valence-electron chi connectivity index (χ1n) is 6.79. The zero-order chi connectivity index (χ0) is 15.0. The third-order valence-electron chi connectivity index (χ3n) is 3.93. The second kappa shape index (κ2) is 5.41. The predicted molar refractivity (Wildman–Crippen MR) is 79.3 cm³/mol. The number of carbonyl (C=O) groups excluding carboxylic acids is 1. The first-order chi connectivity index (χ1) is 10.0. The fraction of sp³-hybridized carbons (Fsp3) is 0.333. The number of aromatic nitrogens is 1. The zero-order valence-electron chi connectivity index (χ0n) is 11.3. The van der Waals surface area contributed by atoms with Gasteiger partial charge in [0.25, 0.3) is 0 Å². The lowest BCUT2D eigenvalue weighted by molar-refractivity contribution is -0.141. The molecule has 0 radical (unpaired) electrons. The van der Waals surface area contributed by atoms with E-state index in [0.29, 0.717) is 24.5 Å². The molecule has 110 valence electrons. The Morgan fingerprint density at radius 1 is 1.33 bits per heavy atom. The van der Waals surface area contributed by atoms with Gasteiger partial charge in [0.1, 0.15) is 6.54 Å². The van der Waals surface area contributed by atoms with Gasteiger partial charge in [-0.05, 0) is 30.0 Å². The molecule has 2 heterocycles. The van der Waals surface area contributed by atoms with E-state index in [-0.39, 0.29) is 12.5 Å². The summed E-state index contributed by atoms with van der Waals surface area (Å²) in [6, 6.07) is 7.49. The number of nitrogens with zero attached hydrogens (tertiary/aromatic N) is 2. The molecule has 3 rings (SSSR count). The normalized spacial score (nSPS) is 18.3. The van der Waals surface area contributed by atoms with Crippen molar-refractivity contribution >= 4 is 34.4 Å². The van der Waals surface area contributed by atoms with Crippen LogP contribution in [0.4, 0.5) is 0 Å². The maximum Gasteiger partial charge on any atom is 0.308 e. The summed E-state index contributed by atoms with van der Waals surface area (Å²) >= 11 is 5.99. The summed E-state index contributed by atoms with van der Waals surface area (Å²) < 4.78 is 1.84. The van der Waals surface area contributed by atoms with Crippen LogP contribution in [0.5, 0.6) is 0 Å². The number of amides is 1. The molecule has 0 aliphatic carbocycles. The van der Waals surface area contributed by atoms with Crippen molar-refractivity contribution < 1.29 is 14.7 Å². The summed E-state index contributed by atoms with van der Waals surface area (Å²) in [7, 11) is 0. The number of carboxylic acids is 1. The van der Waals surface area contributed by atoms with Gasteiger partial charge >= 0.3 is 5.97 Å². The van der Waals surface area contributed by atoms with Crippen molar-refractivity contribution in [2.45, 2.75) is 13.0 Å². The largest absolute Gasteiger partial charge is 0.481 e. The van der Waals surface area contributed by atoms with Gasteiger partial charge in [0.05, 0.1) is 5.92 Å². The van der Waals surface area contributed by atoms with E-state index in [2.05, 4.69) is 0 Å². The van der Waals surface area contributed by atoms with Crippen molar-refractivity contribution in [2.24, 2.45) is 5.92 Å². The minimum atomic E-state index is -0.830. The Labute approximate surface area is 126 Å². The Kier molecular flexibility index (Phi) is 3.59. The van der Waals surface area contributed by atoms with Gasteiger partial charge in [0.2, 0.25) is 5.91 Å². The van der Waals surface area contributed by atoms with E-state index >= 15 is 0 Å². The lowest BCUT2D eigenvalue weighted by Crippen LogP contribution is -2.32. The number of hydrogen-bond donors (Lipinski definition) is 1. The minimum Gasteiger partial charge on any atom is -0.481 e. The number of hydrogen-bond acceptors (Lipinski definition) is 2. The standard InChI is InChI=1S/C15H15ClN2O3/c16-12-2-1-10-3-5-17(13(10)7-12)9-14(19)18-6-4-11(8-18)15(20)21/h1-3,5,7,11H,4,6,8-9H2,(H,20,21). The molecule has 2 aromatic rings. The van der Waals surface area contributed by atoms with E-state index < -0.39 is 11.9 Å². The zero-order valence-corrected chi connectivity index (χ0v) is 12.1. The molecule has 1 N–H and O–H groups in total. The first-order valence-corrected chi connectivity index (χ1v) is 7.17. The highest BCUT2D eigenvalue weighted by molar-refractivity contribution is 6.31. The molecule has 0 saturated carbocycles. The van der Waals surface area contributed by atoms with Gasteiger partial charge in [-0.2, -0.15) is 0 Å². The summed E-state index contributed by atoms with van der Waals surface area (Å²) in [5.41, 5.74) is 0.907. The summed E-state index contributed by atoms with van der Waals surface area (Å²) in [5.74, 6) is -1.33. The van der Waals surface area contributed by atoms with E-state index in [4.69, 9.17) is 16.7 Å². The van der Waals surface area contributed by atoms with E-state index in [1.165, 1.54) is 0 Å². The van der Waals surface area contributed by atoms with Gasteiger partial charge in [-0.25, -0.2) is 0 Å². The Balaban J connectivity index is 1.75. The highest BCUT2D eigenvalue weighted by atomic mass is 35.5. The smallest absolute Gasteiger partial charge is 0.308 e. The summed E-state index contributed by atoms with van der Waals surface area (Å²) in [6.07, 6.45) is 2.38. The summed E-state index contributed by atoms with van der Waals surface area (Å²) in [4.78, 5) is 24.9. The van der Waals surface area contributed by atoms with Crippen molar-refractivity contribution in [3.05, 3.63) is 35.5 Å². The monoisotopic (exact) mass is 306 g/mol. The molecule has 0 spiro atoms. The van der Waals surface area contributed by atoms with Crippen molar-refractivity contribution in [3.8, 4) is 0 Å². The van der Waals surface area contributed by atoms with Crippen LogP contribution in [-0.4, -0.2) is 39.5 Å². The Bertz CT molecular complexity index is 710. The molecule has 1 aromatic carbocycles. The van der Waals surface area contributed by atoms with Crippen LogP contribution in [-0.2, 0) is 16.1 Å². The molecule has 21 heavy (non-hydrogen) atoms. The number of rotatable bonds is 3.